The average Bonchev–Trinajstić information content (AvgIpc) is 2.82. The number of aromatic nitrogens is 2. The lowest BCUT2D eigenvalue weighted by atomic mass is 10.2. The number of nitrogens with zero attached hydrogens (tertiary/aromatic N) is 2. The number of nitrogens with one attached hydrogen (secondary N) is 1. The van der Waals surface area contributed by atoms with Crippen LogP contribution in [0.5, 0.6) is 0 Å². The summed E-state index contributed by atoms with van der Waals surface area (Å²) in [6.07, 6.45) is 5.49. The normalized spacial score (nSPS) is 10.3. The average molecular weight is 329 g/mol. The summed E-state index contributed by atoms with van der Waals surface area (Å²) in [5.74, 6) is -0.0597. The second-order valence-electron chi connectivity index (χ2n) is 3.59. The van der Waals surface area contributed by atoms with Crippen LogP contribution in [0.4, 0.5) is 5.69 Å². The molecule has 0 aliphatic carbocycles. The van der Waals surface area contributed by atoms with E-state index >= 15 is 0 Å². The highest BCUT2D eigenvalue weighted by molar-refractivity contribution is 9.09. The fraction of sp³-hybridized carbons (Fsp3) is 0.167. The van der Waals surface area contributed by atoms with Crippen molar-refractivity contribution in [3.05, 3.63) is 41.9 Å². The molecule has 2 aromatic rings. The Kier molecular flexibility index (Phi) is 4.38. The van der Waals surface area contributed by atoms with Gasteiger partial charge in [-0.2, -0.15) is 0 Å². The summed E-state index contributed by atoms with van der Waals surface area (Å²) in [6, 6.07) is 5.39. The Balaban J connectivity index is 2.36. The molecule has 1 aromatic carbocycles. The molecule has 0 fully saturated rings. The molecule has 1 heterocycles. The molecule has 0 radical (unpaired) electrons. The smallest absolute Gasteiger partial charge is 0.225 e. The number of imidazole rings is 1. The molecule has 18 heavy (non-hydrogen) atoms. The minimum absolute atomic E-state index is 0.0597. The molecular formula is C12H11BrClN3O. The third-order valence-corrected chi connectivity index (χ3v) is 3.05. The molecule has 0 aliphatic rings. The minimum atomic E-state index is -0.0597. The lowest BCUT2D eigenvalue weighted by molar-refractivity contribution is -0.115. The summed E-state index contributed by atoms with van der Waals surface area (Å²) in [4.78, 5) is 15.6. The van der Waals surface area contributed by atoms with Gasteiger partial charge in [0.15, 0.2) is 0 Å². The number of hydrogen-bond acceptors (Lipinski definition) is 2. The van der Waals surface area contributed by atoms with Crippen LogP contribution in [0.2, 0.25) is 5.02 Å². The number of carbonyl (C=O) groups excluding carboxylic acids is 1. The summed E-state index contributed by atoms with van der Waals surface area (Å²) < 4.78 is 1.77. The summed E-state index contributed by atoms with van der Waals surface area (Å²) in [7, 11) is 0. The highest BCUT2D eigenvalue weighted by Gasteiger charge is 2.11. The molecule has 0 unspecified atom stereocenters. The van der Waals surface area contributed by atoms with Crippen LogP contribution in [0.1, 0.15) is 6.42 Å². The molecule has 2 rings (SSSR count). The Morgan fingerprint density at radius 3 is 3.00 bits per heavy atom. The second-order valence-corrected chi connectivity index (χ2v) is 4.79. The molecule has 1 amide bonds. The van der Waals surface area contributed by atoms with Crippen molar-refractivity contribution in [2.24, 2.45) is 0 Å². The summed E-state index contributed by atoms with van der Waals surface area (Å²) >= 11 is 9.41. The first-order valence-electron chi connectivity index (χ1n) is 5.35. The summed E-state index contributed by atoms with van der Waals surface area (Å²) in [5, 5.41) is 4.02. The molecule has 6 heteroatoms. The van der Waals surface area contributed by atoms with E-state index < -0.39 is 0 Å². The molecule has 4 nitrogen and oxygen atoms in total. The number of halogens is 2. The van der Waals surface area contributed by atoms with Gasteiger partial charge in [-0.1, -0.05) is 33.6 Å². The Morgan fingerprint density at radius 1 is 1.50 bits per heavy atom. The van der Waals surface area contributed by atoms with E-state index in [2.05, 4.69) is 26.2 Å². The van der Waals surface area contributed by atoms with E-state index in [-0.39, 0.29) is 5.91 Å². The number of anilines is 1. The molecule has 0 aliphatic heterocycles. The lowest BCUT2D eigenvalue weighted by Crippen LogP contribution is -2.13. The van der Waals surface area contributed by atoms with Gasteiger partial charge in [0.1, 0.15) is 0 Å². The fourth-order valence-corrected chi connectivity index (χ4v) is 2.20. The van der Waals surface area contributed by atoms with Gasteiger partial charge in [0.25, 0.3) is 0 Å². The predicted molar refractivity (Wildman–Crippen MR) is 75.6 cm³/mol. The third-order valence-electron chi connectivity index (χ3n) is 2.35. The van der Waals surface area contributed by atoms with E-state index in [1.165, 1.54) is 0 Å². The highest BCUT2D eigenvalue weighted by atomic mass is 79.9. The molecule has 94 valence electrons. The SMILES string of the molecule is O=C(CCBr)Nc1cccc(Cl)c1-n1ccnc1. The molecule has 0 saturated carbocycles. The van der Waals surface area contributed by atoms with Crippen LogP contribution >= 0.6 is 27.5 Å². The highest BCUT2D eigenvalue weighted by Crippen LogP contribution is 2.28. The van der Waals surface area contributed by atoms with E-state index in [0.29, 0.717) is 22.5 Å². The standard InChI is InChI=1S/C12H11BrClN3O/c13-5-4-11(18)16-10-3-1-2-9(14)12(10)17-7-6-15-8-17/h1-3,6-8H,4-5H2,(H,16,18). The monoisotopic (exact) mass is 327 g/mol. The quantitative estimate of drug-likeness (QED) is 0.876. The Hall–Kier alpha value is -1.33. The first-order valence-corrected chi connectivity index (χ1v) is 6.85. The Bertz CT molecular complexity index is 542. The van der Waals surface area contributed by atoms with Gasteiger partial charge in [-0.25, -0.2) is 4.98 Å². The van der Waals surface area contributed by atoms with E-state index in [0.717, 1.165) is 5.69 Å². The van der Waals surface area contributed by atoms with Crippen LogP contribution in [0.15, 0.2) is 36.9 Å². The van der Waals surface area contributed by atoms with Crippen LogP contribution in [0.25, 0.3) is 5.69 Å². The maximum Gasteiger partial charge on any atom is 0.225 e. The number of alkyl halides is 1. The summed E-state index contributed by atoms with van der Waals surface area (Å²) in [5.41, 5.74) is 1.39. The topological polar surface area (TPSA) is 46.9 Å². The third kappa shape index (κ3) is 2.91. The maximum absolute atomic E-state index is 11.6. The molecular weight excluding hydrogens is 318 g/mol. The van der Waals surface area contributed by atoms with Crippen molar-refractivity contribution < 1.29 is 4.79 Å². The summed E-state index contributed by atoms with van der Waals surface area (Å²) in [6.45, 7) is 0. The van der Waals surface area contributed by atoms with Crippen LogP contribution < -0.4 is 5.32 Å². The largest absolute Gasteiger partial charge is 0.324 e. The molecule has 0 atom stereocenters. The second kappa shape index (κ2) is 6.02. The van der Waals surface area contributed by atoms with Gasteiger partial charge >= 0.3 is 0 Å². The van der Waals surface area contributed by atoms with Crippen molar-refractivity contribution in [3.8, 4) is 5.69 Å². The number of rotatable bonds is 4. The van der Waals surface area contributed by atoms with Crippen molar-refractivity contribution >= 4 is 39.1 Å². The van der Waals surface area contributed by atoms with E-state index in [4.69, 9.17) is 11.6 Å². The van der Waals surface area contributed by atoms with Crippen LogP contribution in [0, 0.1) is 0 Å². The predicted octanol–water partition coefficient (Wildman–Crippen LogP) is 3.25. The zero-order valence-electron chi connectivity index (χ0n) is 9.44. The van der Waals surface area contributed by atoms with Gasteiger partial charge in [-0.15, -0.1) is 0 Å². The van der Waals surface area contributed by atoms with Gasteiger partial charge in [-0.3, -0.25) is 4.79 Å². The van der Waals surface area contributed by atoms with Crippen LogP contribution in [0.3, 0.4) is 0 Å². The van der Waals surface area contributed by atoms with Crippen molar-refractivity contribution in [3.63, 3.8) is 0 Å². The zero-order chi connectivity index (χ0) is 13.0. The maximum atomic E-state index is 11.6. The van der Waals surface area contributed by atoms with Gasteiger partial charge in [0, 0.05) is 24.1 Å². The van der Waals surface area contributed by atoms with Crippen LogP contribution in [-0.4, -0.2) is 20.8 Å². The molecule has 0 bridgehead atoms. The van der Waals surface area contributed by atoms with Gasteiger partial charge in [-0.05, 0) is 12.1 Å². The van der Waals surface area contributed by atoms with E-state index in [1.807, 2.05) is 6.07 Å². The Labute approximate surface area is 118 Å². The lowest BCUT2D eigenvalue weighted by Gasteiger charge is -2.12. The van der Waals surface area contributed by atoms with E-state index in [1.54, 1.807) is 35.4 Å². The van der Waals surface area contributed by atoms with E-state index in [9.17, 15) is 4.79 Å². The van der Waals surface area contributed by atoms with Crippen molar-refractivity contribution in [2.45, 2.75) is 6.42 Å². The number of para-hydroxylation sites is 1. The fourth-order valence-electron chi connectivity index (χ4n) is 1.57. The number of hydrogen-bond donors (Lipinski definition) is 1. The van der Waals surface area contributed by atoms with Gasteiger partial charge < -0.3 is 9.88 Å². The molecule has 1 aromatic heterocycles. The minimum Gasteiger partial charge on any atom is -0.324 e. The molecule has 1 N–H and O–H groups in total. The molecule has 0 spiro atoms. The van der Waals surface area contributed by atoms with Gasteiger partial charge in [0.2, 0.25) is 5.91 Å². The van der Waals surface area contributed by atoms with Crippen LogP contribution in [-0.2, 0) is 4.79 Å². The molecule has 0 saturated heterocycles. The first-order chi connectivity index (χ1) is 8.72. The first kappa shape index (κ1) is 13.1. The van der Waals surface area contributed by atoms with Gasteiger partial charge in [0.05, 0.1) is 22.7 Å². The number of benzene rings is 1. The number of amides is 1. The van der Waals surface area contributed by atoms with Crippen molar-refractivity contribution in [1.29, 1.82) is 0 Å². The Morgan fingerprint density at radius 2 is 2.33 bits per heavy atom. The van der Waals surface area contributed by atoms with Crippen molar-refractivity contribution in [2.75, 3.05) is 10.6 Å². The number of carbonyl (C=O) groups is 1. The van der Waals surface area contributed by atoms with Crippen molar-refractivity contribution in [1.82, 2.24) is 9.55 Å². The zero-order valence-corrected chi connectivity index (χ0v) is 11.8.